The van der Waals surface area contributed by atoms with Crippen molar-refractivity contribution in [1.82, 2.24) is 5.32 Å². The van der Waals surface area contributed by atoms with E-state index in [4.69, 9.17) is 9.15 Å². The fraction of sp³-hybridized carbons (Fsp3) is 0.167. The van der Waals surface area contributed by atoms with Crippen LogP contribution in [0.25, 0.3) is 11.0 Å². The Morgan fingerprint density at radius 3 is 2.81 bits per heavy atom. The third-order valence-electron chi connectivity index (χ3n) is 3.91. The summed E-state index contributed by atoms with van der Waals surface area (Å²) in [6, 6.07) is 10.8. The van der Waals surface area contributed by atoms with E-state index in [9.17, 15) is 20.0 Å². The van der Waals surface area contributed by atoms with Gasteiger partial charge in [-0.25, -0.2) is 0 Å². The van der Waals surface area contributed by atoms with Crippen LogP contribution in [0.3, 0.4) is 0 Å². The highest BCUT2D eigenvalue weighted by molar-refractivity contribution is 5.99. The number of ether oxygens (including phenoxy) is 1. The monoisotopic (exact) mass is 356 g/mol. The molecule has 2 N–H and O–H groups in total. The van der Waals surface area contributed by atoms with Crippen molar-refractivity contribution in [3.05, 3.63) is 69.5 Å². The zero-order valence-corrected chi connectivity index (χ0v) is 13.9. The molecule has 8 nitrogen and oxygen atoms in total. The average Bonchev–Trinajstić information content (AvgIpc) is 3.00. The van der Waals surface area contributed by atoms with Crippen molar-refractivity contribution in [1.29, 1.82) is 0 Å². The molecule has 0 saturated carbocycles. The number of nitro groups is 1. The Morgan fingerprint density at radius 2 is 2.08 bits per heavy atom. The number of nitro benzene ring substituents is 1. The smallest absolute Gasteiger partial charge is 0.287 e. The second kappa shape index (κ2) is 7.24. The number of methoxy groups -OCH3 is 1. The Labute approximate surface area is 148 Å². The van der Waals surface area contributed by atoms with Crippen LogP contribution in [0.2, 0.25) is 0 Å². The van der Waals surface area contributed by atoms with Gasteiger partial charge in [0.15, 0.2) is 5.76 Å². The molecule has 1 amide bonds. The second-order valence-electron chi connectivity index (χ2n) is 5.59. The third-order valence-corrected chi connectivity index (χ3v) is 3.91. The quantitative estimate of drug-likeness (QED) is 0.518. The molecule has 3 aromatic rings. The Kier molecular flexibility index (Phi) is 4.85. The molecule has 3 rings (SSSR count). The zero-order chi connectivity index (χ0) is 18.7. The van der Waals surface area contributed by atoms with Crippen LogP contribution in [0.15, 0.2) is 46.9 Å². The van der Waals surface area contributed by atoms with Crippen molar-refractivity contribution in [3.63, 3.8) is 0 Å². The molecule has 0 bridgehead atoms. The second-order valence-corrected chi connectivity index (χ2v) is 5.59. The first-order valence-corrected chi connectivity index (χ1v) is 7.75. The summed E-state index contributed by atoms with van der Waals surface area (Å²) < 4.78 is 10.8. The molecule has 0 aliphatic heterocycles. The van der Waals surface area contributed by atoms with E-state index in [1.165, 1.54) is 25.3 Å². The molecule has 0 aliphatic carbocycles. The van der Waals surface area contributed by atoms with Crippen molar-refractivity contribution in [2.24, 2.45) is 0 Å². The summed E-state index contributed by atoms with van der Waals surface area (Å²) in [5.74, 6) is -0.533. The predicted octanol–water partition coefficient (Wildman–Crippen LogP) is 3.12. The van der Waals surface area contributed by atoms with Gasteiger partial charge in [-0.1, -0.05) is 18.2 Å². The topological polar surface area (TPSA) is 115 Å². The van der Waals surface area contributed by atoms with E-state index >= 15 is 0 Å². The van der Waals surface area contributed by atoms with E-state index in [1.54, 1.807) is 12.1 Å². The lowest BCUT2D eigenvalue weighted by Gasteiger charge is -2.07. The number of hydrogen-bond acceptors (Lipinski definition) is 6. The zero-order valence-electron chi connectivity index (χ0n) is 13.9. The average molecular weight is 356 g/mol. The van der Waals surface area contributed by atoms with E-state index < -0.39 is 10.8 Å². The number of non-ortho nitro benzene ring substituents is 1. The number of fused-ring (bicyclic) bond motifs is 1. The van der Waals surface area contributed by atoms with Crippen molar-refractivity contribution < 1.29 is 24.0 Å². The lowest BCUT2D eigenvalue weighted by molar-refractivity contribution is -0.384. The fourth-order valence-corrected chi connectivity index (χ4v) is 2.65. The minimum Gasteiger partial charge on any atom is -0.508 e. The molecule has 0 fully saturated rings. The number of nitrogens with zero attached hydrogens (tertiary/aromatic N) is 1. The van der Waals surface area contributed by atoms with Gasteiger partial charge in [-0.15, -0.1) is 0 Å². The highest BCUT2D eigenvalue weighted by Gasteiger charge is 2.20. The van der Waals surface area contributed by atoms with Gasteiger partial charge in [-0.2, -0.15) is 0 Å². The molecule has 2 aromatic carbocycles. The molecule has 8 heteroatoms. The first kappa shape index (κ1) is 17.4. The third kappa shape index (κ3) is 3.35. The van der Waals surface area contributed by atoms with Crippen molar-refractivity contribution in [2.75, 3.05) is 7.11 Å². The van der Waals surface area contributed by atoms with Gasteiger partial charge in [0.1, 0.15) is 11.3 Å². The molecule has 0 radical (unpaired) electrons. The number of hydrogen-bond donors (Lipinski definition) is 2. The number of rotatable bonds is 6. The number of benzene rings is 2. The molecule has 0 aliphatic rings. The van der Waals surface area contributed by atoms with Gasteiger partial charge in [0.2, 0.25) is 0 Å². The molecule has 26 heavy (non-hydrogen) atoms. The fourth-order valence-electron chi connectivity index (χ4n) is 2.65. The van der Waals surface area contributed by atoms with Crippen molar-refractivity contribution >= 4 is 22.6 Å². The SMILES string of the molecule is COCc1c(C(=O)NCc2cc([N+](=O)[O-])ccc2O)oc2ccccc12. The van der Waals surface area contributed by atoms with Crippen LogP contribution in [-0.2, 0) is 17.9 Å². The van der Waals surface area contributed by atoms with E-state index in [0.29, 0.717) is 11.1 Å². The molecule has 0 unspecified atom stereocenters. The highest BCUT2D eigenvalue weighted by Crippen LogP contribution is 2.27. The van der Waals surface area contributed by atoms with Crippen LogP contribution in [-0.4, -0.2) is 23.0 Å². The number of aromatic hydroxyl groups is 1. The van der Waals surface area contributed by atoms with Gasteiger partial charge in [-0.05, 0) is 12.1 Å². The number of furan rings is 1. The summed E-state index contributed by atoms with van der Waals surface area (Å²) in [6.07, 6.45) is 0. The number of amides is 1. The van der Waals surface area contributed by atoms with Gasteiger partial charge < -0.3 is 19.6 Å². The maximum Gasteiger partial charge on any atom is 0.287 e. The Hall–Kier alpha value is -3.39. The molecule has 0 saturated heterocycles. The number of phenolic OH excluding ortho intramolecular Hbond substituents is 1. The van der Waals surface area contributed by atoms with E-state index in [-0.39, 0.29) is 35.9 Å². The summed E-state index contributed by atoms with van der Waals surface area (Å²) in [6.45, 7) is 0.109. The van der Waals surface area contributed by atoms with Gasteiger partial charge >= 0.3 is 0 Å². The van der Waals surface area contributed by atoms with Crippen LogP contribution in [0.4, 0.5) is 5.69 Å². The Balaban J connectivity index is 1.85. The van der Waals surface area contributed by atoms with Gasteiger partial charge in [-0.3, -0.25) is 14.9 Å². The maximum atomic E-state index is 12.5. The van der Waals surface area contributed by atoms with Crippen LogP contribution in [0, 0.1) is 10.1 Å². The lowest BCUT2D eigenvalue weighted by Crippen LogP contribution is -2.23. The molecule has 0 spiro atoms. The summed E-state index contributed by atoms with van der Waals surface area (Å²) in [4.78, 5) is 22.8. The molecular weight excluding hydrogens is 340 g/mol. The first-order valence-electron chi connectivity index (χ1n) is 7.75. The summed E-state index contributed by atoms with van der Waals surface area (Å²) in [5, 5.41) is 24.1. The molecule has 1 heterocycles. The molecule has 1 aromatic heterocycles. The highest BCUT2D eigenvalue weighted by atomic mass is 16.6. The Bertz CT molecular complexity index is 979. The van der Waals surface area contributed by atoms with Crippen molar-refractivity contribution in [3.8, 4) is 5.75 Å². The number of para-hydroxylation sites is 1. The van der Waals surface area contributed by atoms with Crippen LogP contribution < -0.4 is 5.32 Å². The van der Waals surface area contributed by atoms with E-state index in [0.717, 1.165) is 5.39 Å². The first-order chi connectivity index (χ1) is 12.5. The summed E-state index contributed by atoms with van der Waals surface area (Å²) in [5.41, 5.74) is 1.24. The summed E-state index contributed by atoms with van der Waals surface area (Å²) in [7, 11) is 1.52. The maximum absolute atomic E-state index is 12.5. The van der Waals surface area contributed by atoms with Crippen LogP contribution in [0.1, 0.15) is 21.7 Å². The van der Waals surface area contributed by atoms with Gasteiger partial charge in [0, 0.05) is 42.3 Å². The van der Waals surface area contributed by atoms with Gasteiger partial charge in [0.05, 0.1) is 11.5 Å². The minimum atomic E-state index is -0.569. The standard InChI is InChI=1S/C18H16N2O6/c1-25-10-14-13-4-2-3-5-16(13)26-17(14)18(22)19-9-11-8-12(20(23)24)6-7-15(11)21/h2-8,21H,9-10H2,1H3,(H,19,22). The number of carbonyl (C=O) groups is 1. The molecule has 134 valence electrons. The Morgan fingerprint density at radius 1 is 1.31 bits per heavy atom. The normalized spacial score (nSPS) is 10.8. The predicted molar refractivity (Wildman–Crippen MR) is 92.9 cm³/mol. The number of nitrogens with one attached hydrogen (secondary N) is 1. The van der Waals surface area contributed by atoms with Gasteiger partial charge in [0.25, 0.3) is 11.6 Å². The number of carbonyl (C=O) groups excluding carboxylic acids is 1. The summed E-state index contributed by atoms with van der Waals surface area (Å²) >= 11 is 0. The largest absolute Gasteiger partial charge is 0.508 e. The van der Waals surface area contributed by atoms with E-state index in [2.05, 4.69) is 5.32 Å². The van der Waals surface area contributed by atoms with Crippen molar-refractivity contribution in [2.45, 2.75) is 13.2 Å². The molecular formula is C18H16N2O6. The molecule has 0 atom stereocenters. The van der Waals surface area contributed by atoms with Crippen LogP contribution in [0.5, 0.6) is 5.75 Å². The van der Waals surface area contributed by atoms with E-state index in [1.807, 2.05) is 12.1 Å². The minimum absolute atomic E-state index is 0.0875. The number of phenols is 1. The lowest BCUT2D eigenvalue weighted by atomic mass is 10.1. The van der Waals surface area contributed by atoms with Crippen LogP contribution >= 0.6 is 0 Å².